The number of hydrogen-bond donors (Lipinski definition) is 1. The van der Waals surface area contributed by atoms with Gasteiger partial charge >= 0.3 is 0 Å². The summed E-state index contributed by atoms with van der Waals surface area (Å²) in [6.07, 6.45) is 1.46. The van der Waals surface area contributed by atoms with Crippen LogP contribution < -0.4 is 10.5 Å². The summed E-state index contributed by atoms with van der Waals surface area (Å²) < 4.78 is 5.40. The van der Waals surface area contributed by atoms with E-state index in [0.29, 0.717) is 6.42 Å². The molecule has 1 aromatic carbocycles. The fourth-order valence-electron chi connectivity index (χ4n) is 3.40. The quantitative estimate of drug-likeness (QED) is 0.865. The van der Waals surface area contributed by atoms with Gasteiger partial charge in [0.2, 0.25) is 5.91 Å². The van der Waals surface area contributed by atoms with Gasteiger partial charge < -0.3 is 20.3 Å². The van der Waals surface area contributed by atoms with Gasteiger partial charge in [0.15, 0.2) is 0 Å². The number of carbonyl (C=O) groups excluding carboxylic acids is 1. The lowest BCUT2D eigenvalue weighted by atomic mass is 9.91. The second-order valence-corrected chi connectivity index (χ2v) is 6.05. The van der Waals surface area contributed by atoms with E-state index < -0.39 is 5.54 Å². The average Bonchev–Trinajstić information content (AvgIpc) is 2.86. The van der Waals surface area contributed by atoms with Gasteiger partial charge in [-0.25, -0.2) is 0 Å². The number of nitrogens with zero attached hydrogens (tertiary/aromatic N) is 2. The number of nitrogens with two attached hydrogens (primary N) is 1. The van der Waals surface area contributed by atoms with Crippen molar-refractivity contribution in [2.24, 2.45) is 5.73 Å². The van der Waals surface area contributed by atoms with Crippen LogP contribution in [0.25, 0.3) is 0 Å². The SMILES string of the molecule is COc1cccc2c1CCC2(N)C(=O)N1CCN(C)CC1. The van der Waals surface area contributed by atoms with Crippen molar-refractivity contribution in [2.45, 2.75) is 18.4 Å². The average molecular weight is 289 g/mol. The molecule has 1 aliphatic heterocycles. The van der Waals surface area contributed by atoms with Crippen LogP contribution in [0.2, 0.25) is 0 Å². The van der Waals surface area contributed by atoms with Gasteiger partial charge in [0, 0.05) is 26.2 Å². The second kappa shape index (κ2) is 5.31. The predicted octanol–water partition coefficient (Wildman–Crippen LogP) is 0.569. The van der Waals surface area contributed by atoms with E-state index in [0.717, 1.165) is 49.5 Å². The van der Waals surface area contributed by atoms with Gasteiger partial charge in [0.1, 0.15) is 11.3 Å². The highest BCUT2D eigenvalue weighted by Crippen LogP contribution is 2.40. The third-order valence-corrected chi connectivity index (χ3v) is 4.78. The normalized spacial score (nSPS) is 25.8. The third-order valence-electron chi connectivity index (χ3n) is 4.78. The highest BCUT2D eigenvalue weighted by atomic mass is 16.5. The fourth-order valence-corrected chi connectivity index (χ4v) is 3.40. The van der Waals surface area contributed by atoms with Gasteiger partial charge in [-0.2, -0.15) is 0 Å². The Morgan fingerprint density at radius 3 is 2.67 bits per heavy atom. The van der Waals surface area contributed by atoms with E-state index in [4.69, 9.17) is 10.5 Å². The lowest BCUT2D eigenvalue weighted by Crippen LogP contribution is -2.56. The largest absolute Gasteiger partial charge is 0.496 e. The molecule has 1 atom stereocenters. The van der Waals surface area contributed by atoms with Crippen molar-refractivity contribution >= 4 is 5.91 Å². The minimum Gasteiger partial charge on any atom is -0.496 e. The number of likely N-dealkylation sites (N-methyl/N-ethyl adjacent to an activating group) is 1. The maximum atomic E-state index is 12.9. The number of carbonyl (C=O) groups is 1. The highest BCUT2D eigenvalue weighted by molar-refractivity contribution is 5.89. The molecule has 1 saturated heterocycles. The smallest absolute Gasteiger partial charge is 0.247 e. The molecule has 2 aliphatic rings. The molecule has 0 bridgehead atoms. The van der Waals surface area contributed by atoms with Crippen molar-refractivity contribution < 1.29 is 9.53 Å². The van der Waals surface area contributed by atoms with Crippen molar-refractivity contribution in [3.8, 4) is 5.75 Å². The molecule has 1 unspecified atom stereocenters. The van der Waals surface area contributed by atoms with E-state index in [-0.39, 0.29) is 5.91 Å². The number of hydrogen-bond acceptors (Lipinski definition) is 4. The molecule has 5 nitrogen and oxygen atoms in total. The molecule has 1 aliphatic carbocycles. The number of rotatable bonds is 2. The van der Waals surface area contributed by atoms with Crippen LogP contribution in [0.5, 0.6) is 5.75 Å². The van der Waals surface area contributed by atoms with Crippen LogP contribution in [0.15, 0.2) is 18.2 Å². The van der Waals surface area contributed by atoms with Crippen molar-refractivity contribution in [1.29, 1.82) is 0 Å². The van der Waals surface area contributed by atoms with Crippen LogP contribution in [0.1, 0.15) is 17.5 Å². The summed E-state index contributed by atoms with van der Waals surface area (Å²) in [6.45, 7) is 3.33. The minimum absolute atomic E-state index is 0.0580. The summed E-state index contributed by atoms with van der Waals surface area (Å²) in [7, 11) is 3.74. The Morgan fingerprint density at radius 1 is 1.29 bits per heavy atom. The van der Waals surface area contributed by atoms with E-state index in [1.54, 1.807) is 7.11 Å². The van der Waals surface area contributed by atoms with Gasteiger partial charge in [-0.3, -0.25) is 4.79 Å². The zero-order valence-corrected chi connectivity index (χ0v) is 12.8. The topological polar surface area (TPSA) is 58.8 Å². The van der Waals surface area contributed by atoms with Gasteiger partial charge in [-0.1, -0.05) is 12.1 Å². The van der Waals surface area contributed by atoms with E-state index >= 15 is 0 Å². The predicted molar refractivity (Wildman–Crippen MR) is 81.3 cm³/mol. The number of piperazine rings is 1. The summed E-state index contributed by atoms with van der Waals surface area (Å²) in [5, 5.41) is 0. The van der Waals surface area contributed by atoms with Crippen molar-refractivity contribution in [2.75, 3.05) is 40.3 Å². The molecule has 0 radical (unpaired) electrons. The first kappa shape index (κ1) is 14.4. The number of amides is 1. The molecule has 2 N–H and O–H groups in total. The van der Waals surface area contributed by atoms with Gasteiger partial charge in [-0.05, 0) is 37.1 Å². The summed E-state index contributed by atoms with van der Waals surface area (Å²) in [5.41, 5.74) is 7.68. The molecule has 0 aromatic heterocycles. The van der Waals surface area contributed by atoms with Gasteiger partial charge in [0.05, 0.1) is 7.11 Å². The van der Waals surface area contributed by atoms with E-state index in [1.807, 2.05) is 23.1 Å². The Hall–Kier alpha value is -1.59. The molecule has 1 fully saturated rings. The molecule has 21 heavy (non-hydrogen) atoms. The molecule has 114 valence electrons. The zero-order chi connectivity index (χ0) is 15.0. The van der Waals surface area contributed by atoms with Crippen LogP contribution in [0, 0.1) is 0 Å². The maximum Gasteiger partial charge on any atom is 0.247 e. The van der Waals surface area contributed by atoms with E-state index in [2.05, 4.69) is 11.9 Å². The van der Waals surface area contributed by atoms with Crippen LogP contribution >= 0.6 is 0 Å². The number of fused-ring (bicyclic) bond motifs is 1. The van der Waals surface area contributed by atoms with E-state index in [1.165, 1.54) is 0 Å². The lowest BCUT2D eigenvalue weighted by molar-refractivity contribution is -0.139. The maximum absolute atomic E-state index is 12.9. The lowest BCUT2D eigenvalue weighted by Gasteiger charge is -2.37. The number of methoxy groups -OCH3 is 1. The highest BCUT2D eigenvalue weighted by Gasteiger charge is 2.45. The number of benzene rings is 1. The fraction of sp³-hybridized carbons (Fsp3) is 0.562. The summed E-state index contributed by atoms with van der Waals surface area (Å²) >= 11 is 0. The molecule has 0 saturated carbocycles. The molecule has 1 heterocycles. The molecule has 3 rings (SSSR count). The molecule has 0 spiro atoms. The zero-order valence-electron chi connectivity index (χ0n) is 12.8. The van der Waals surface area contributed by atoms with Crippen molar-refractivity contribution in [3.05, 3.63) is 29.3 Å². The monoisotopic (exact) mass is 289 g/mol. The van der Waals surface area contributed by atoms with Crippen molar-refractivity contribution in [1.82, 2.24) is 9.80 Å². The van der Waals surface area contributed by atoms with Crippen LogP contribution in [-0.4, -0.2) is 56.0 Å². The Balaban J connectivity index is 1.88. The molecular formula is C16H23N3O2. The van der Waals surface area contributed by atoms with Crippen molar-refractivity contribution in [3.63, 3.8) is 0 Å². The van der Waals surface area contributed by atoms with Crippen LogP contribution in [-0.2, 0) is 16.8 Å². The molecule has 1 aromatic rings. The first-order valence-electron chi connectivity index (χ1n) is 7.49. The Bertz CT molecular complexity index is 552. The summed E-state index contributed by atoms with van der Waals surface area (Å²) in [4.78, 5) is 17.1. The second-order valence-electron chi connectivity index (χ2n) is 6.05. The van der Waals surface area contributed by atoms with Crippen LogP contribution in [0.3, 0.4) is 0 Å². The van der Waals surface area contributed by atoms with E-state index in [9.17, 15) is 4.79 Å². The summed E-state index contributed by atoms with van der Waals surface area (Å²) in [5.74, 6) is 0.897. The van der Waals surface area contributed by atoms with Gasteiger partial charge in [0.25, 0.3) is 0 Å². The van der Waals surface area contributed by atoms with Gasteiger partial charge in [-0.15, -0.1) is 0 Å². The Kier molecular flexibility index (Phi) is 3.63. The summed E-state index contributed by atoms with van der Waals surface area (Å²) in [6, 6.07) is 5.82. The Morgan fingerprint density at radius 2 is 2.00 bits per heavy atom. The van der Waals surface area contributed by atoms with Crippen LogP contribution in [0.4, 0.5) is 0 Å². The Labute approximate surface area is 125 Å². The first-order chi connectivity index (χ1) is 10.1. The molecular weight excluding hydrogens is 266 g/mol. The molecule has 1 amide bonds. The minimum atomic E-state index is -0.889. The molecule has 5 heteroatoms. The number of ether oxygens (including phenoxy) is 1. The standard InChI is InChI=1S/C16H23N3O2/c1-18-8-10-19(11-9-18)15(20)16(17)7-6-12-13(16)4-3-5-14(12)21-2/h3-5H,6-11,17H2,1-2H3. The third kappa shape index (κ3) is 2.30. The first-order valence-corrected chi connectivity index (χ1v) is 7.49.